The lowest BCUT2D eigenvalue weighted by atomic mass is 10.1. The van der Waals surface area contributed by atoms with E-state index in [0.717, 1.165) is 0 Å². The monoisotopic (exact) mass is 398 g/mol. The summed E-state index contributed by atoms with van der Waals surface area (Å²) in [4.78, 5) is 17.2. The first-order chi connectivity index (χ1) is 13.4. The van der Waals surface area contributed by atoms with Crippen molar-refractivity contribution in [3.63, 3.8) is 0 Å². The Morgan fingerprint density at radius 1 is 1.29 bits per heavy atom. The zero-order valence-electron chi connectivity index (χ0n) is 15.1. The number of fused-ring (bicyclic) bond motifs is 1. The highest BCUT2D eigenvalue weighted by Crippen LogP contribution is 2.22. The van der Waals surface area contributed by atoms with E-state index in [1.165, 1.54) is 16.9 Å². The highest BCUT2D eigenvalue weighted by Gasteiger charge is 2.16. The molecule has 0 radical (unpaired) electrons. The minimum atomic E-state index is -0.403. The minimum Gasteiger partial charge on any atom is -0.319 e. The summed E-state index contributed by atoms with van der Waals surface area (Å²) in [5.41, 5.74) is 2.65. The number of nitrogens with zero attached hydrogens (tertiary/aromatic N) is 5. The molecule has 0 aliphatic rings. The molecule has 0 fully saturated rings. The lowest BCUT2D eigenvalue weighted by Crippen LogP contribution is -2.13. The van der Waals surface area contributed by atoms with E-state index in [9.17, 15) is 9.18 Å². The summed E-state index contributed by atoms with van der Waals surface area (Å²) >= 11 is 6.06. The lowest BCUT2D eigenvalue weighted by Gasteiger charge is -2.06. The van der Waals surface area contributed by atoms with Crippen LogP contribution in [0.25, 0.3) is 11.0 Å². The first kappa shape index (κ1) is 18.1. The van der Waals surface area contributed by atoms with Crippen molar-refractivity contribution in [3.8, 4) is 0 Å². The predicted molar refractivity (Wildman–Crippen MR) is 104 cm³/mol. The first-order valence-electron chi connectivity index (χ1n) is 8.48. The third-order valence-corrected chi connectivity index (χ3v) is 4.70. The van der Waals surface area contributed by atoms with Crippen LogP contribution in [0.3, 0.4) is 0 Å². The molecule has 0 aliphatic carbocycles. The molecule has 7 nitrogen and oxygen atoms in total. The number of hydrogen-bond donors (Lipinski definition) is 1. The third kappa shape index (κ3) is 3.34. The summed E-state index contributed by atoms with van der Waals surface area (Å²) in [5.74, 6) is -0.702. The van der Waals surface area contributed by atoms with Gasteiger partial charge in [-0.25, -0.2) is 9.37 Å². The van der Waals surface area contributed by atoms with Gasteiger partial charge in [0.15, 0.2) is 5.65 Å². The molecule has 4 aromatic rings. The molecule has 0 saturated heterocycles. The van der Waals surface area contributed by atoms with Gasteiger partial charge in [-0.3, -0.25) is 14.2 Å². The largest absolute Gasteiger partial charge is 0.319 e. The normalized spacial score (nSPS) is 11.1. The SMILES string of the molecule is Cc1cc(C(=O)Nc2cnn(Cc3c(F)cccc3Cl)c2)c2cnn(C)c2n1. The number of amides is 1. The maximum absolute atomic E-state index is 14.0. The number of hydrogen-bond acceptors (Lipinski definition) is 4. The van der Waals surface area contributed by atoms with Gasteiger partial charge in [0, 0.05) is 29.5 Å². The molecule has 3 aromatic heterocycles. The van der Waals surface area contributed by atoms with Crippen LogP contribution >= 0.6 is 11.6 Å². The third-order valence-electron chi connectivity index (χ3n) is 4.35. The molecule has 0 atom stereocenters. The van der Waals surface area contributed by atoms with Crippen molar-refractivity contribution in [2.75, 3.05) is 5.32 Å². The molecule has 4 rings (SSSR count). The van der Waals surface area contributed by atoms with E-state index < -0.39 is 5.82 Å². The second kappa shape index (κ2) is 7.05. The van der Waals surface area contributed by atoms with Crippen molar-refractivity contribution in [2.24, 2.45) is 7.05 Å². The van der Waals surface area contributed by atoms with Crippen LogP contribution in [0.5, 0.6) is 0 Å². The van der Waals surface area contributed by atoms with Crippen molar-refractivity contribution in [3.05, 3.63) is 70.5 Å². The molecular weight excluding hydrogens is 383 g/mol. The molecule has 0 saturated carbocycles. The molecule has 9 heteroatoms. The fraction of sp³-hybridized carbons (Fsp3) is 0.158. The Hall–Kier alpha value is -3.26. The molecular formula is C19H16ClFN6O. The fourth-order valence-corrected chi connectivity index (χ4v) is 3.21. The van der Waals surface area contributed by atoms with Crippen LogP contribution in [0.4, 0.5) is 10.1 Å². The van der Waals surface area contributed by atoms with Crippen LogP contribution in [0, 0.1) is 12.7 Å². The highest BCUT2D eigenvalue weighted by atomic mass is 35.5. The molecule has 0 aliphatic heterocycles. The van der Waals surface area contributed by atoms with Crippen molar-refractivity contribution in [1.82, 2.24) is 24.5 Å². The summed E-state index contributed by atoms with van der Waals surface area (Å²) in [7, 11) is 1.77. The van der Waals surface area contributed by atoms with Crippen LogP contribution in [0.2, 0.25) is 5.02 Å². The molecule has 0 spiro atoms. The van der Waals surface area contributed by atoms with Crippen molar-refractivity contribution in [2.45, 2.75) is 13.5 Å². The molecule has 28 heavy (non-hydrogen) atoms. The van der Waals surface area contributed by atoms with Gasteiger partial charge in [-0.1, -0.05) is 17.7 Å². The minimum absolute atomic E-state index is 0.155. The Morgan fingerprint density at radius 2 is 2.11 bits per heavy atom. The van der Waals surface area contributed by atoms with Crippen LogP contribution in [-0.2, 0) is 13.6 Å². The number of carbonyl (C=O) groups is 1. The number of rotatable bonds is 4. The summed E-state index contributed by atoms with van der Waals surface area (Å²) in [6, 6.07) is 6.23. The van der Waals surface area contributed by atoms with Crippen LogP contribution in [0.1, 0.15) is 21.6 Å². The molecule has 1 amide bonds. The fourth-order valence-electron chi connectivity index (χ4n) is 2.99. The summed E-state index contributed by atoms with van der Waals surface area (Å²) in [5, 5.41) is 12.1. The highest BCUT2D eigenvalue weighted by molar-refractivity contribution is 6.31. The number of benzene rings is 1. The van der Waals surface area contributed by atoms with Gasteiger partial charge in [0.1, 0.15) is 5.82 Å². The Balaban J connectivity index is 1.57. The maximum Gasteiger partial charge on any atom is 0.256 e. The first-order valence-corrected chi connectivity index (χ1v) is 8.86. The Kier molecular flexibility index (Phi) is 4.56. The van der Waals surface area contributed by atoms with E-state index in [-0.39, 0.29) is 12.5 Å². The maximum atomic E-state index is 14.0. The number of nitrogens with one attached hydrogen (secondary N) is 1. The van der Waals surface area contributed by atoms with Crippen molar-refractivity contribution >= 4 is 34.2 Å². The average Bonchev–Trinajstić information content (AvgIpc) is 3.24. The van der Waals surface area contributed by atoms with Crippen molar-refractivity contribution < 1.29 is 9.18 Å². The topological polar surface area (TPSA) is 77.6 Å². The van der Waals surface area contributed by atoms with Crippen LogP contribution in [0.15, 0.2) is 42.9 Å². The van der Waals surface area contributed by atoms with E-state index in [1.807, 2.05) is 6.92 Å². The second-order valence-electron chi connectivity index (χ2n) is 6.40. The van der Waals surface area contributed by atoms with Gasteiger partial charge in [-0.05, 0) is 25.1 Å². The van der Waals surface area contributed by atoms with Gasteiger partial charge in [-0.15, -0.1) is 0 Å². The van der Waals surface area contributed by atoms with Gasteiger partial charge < -0.3 is 5.32 Å². The van der Waals surface area contributed by atoms with E-state index in [0.29, 0.717) is 38.6 Å². The van der Waals surface area contributed by atoms with E-state index in [1.54, 1.807) is 42.3 Å². The molecule has 3 heterocycles. The number of carbonyl (C=O) groups excluding carboxylic acids is 1. The second-order valence-corrected chi connectivity index (χ2v) is 6.80. The smallest absolute Gasteiger partial charge is 0.256 e. The summed E-state index contributed by atoms with van der Waals surface area (Å²) < 4.78 is 17.1. The van der Waals surface area contributed by atoms with E-state index in [2.05, 4.69) is 20.5 Å². The summed E-state index contributed by atoms with van der Waals surface area (Å²) in [6.07, 6.45) is 4.73. The van der Waals surface area contributed by atoms with Gasteiger partial charge >= 0.3 is 0 Å². The number of pyridine rings is 1. The molecule has 0 unspecified atom stereocenters. The Morgan fingerprint density at radius 3 is 2.89 bits per heavy atom. The summed E-state index contributed by atoms with van der Waals surface area (Å²) in [6.45, 7) is 1.97. The number of halogens is 2. The van der Waals surface area contributed by atoms with E-state index in [4.69, 9.17) is 11.6 Å². The molecule has 1 N–H and O–H groups in total. The van der Waals surface area contributed by atoms with E-state index >= 15 is 0 Å². The van der Waals surface area contributed by atoms with Crippen molar-refractivity contribution in [1.29, 1.82) is 0 Å². The Labute approximate surface area is 164 Å². The molecule has 0 bridgehead atoms. The molecule has 142 valence electrons. The van der Waals surface area contributed by atoms with Crippen LogP contribution < -0.4 is 5.32 Å². The lowest BCUT2D eigenvalue weighted by molar-refractivity contribution is 0.102. The average molecular weight is 399 g/mol. The molecule has 1 aromatic carbocycles. The number of anilines is 1. The zero-order valence-corrected chi connectivity index (χ0v) is 15.9. The quantitative estimate of drug-likeness (QED) is 0.570. The van der Waals surface area contributed by atoms with Gasteiger partial charge in [0.05, 0.1) is 35.6 Å². The Bertz CT molecular complexity index is 1180. The van der Waals surface area contributed by atoms with Gasteiger partial charge in [0.25, 0.3) is 5.91 Å². The standard InChI is InChI=1S/C19H16ClFN6O/c1-11-6-13(14-8-22-26(2)18(14)24-11)19(28)25-12-7-23-27(9-12)10-15-16(20)4-3-5-17(15)21/h3-9H,10H2,1-2H3,(H,25,28). The number of aromatic nitrogens is 5. The zero-order chi connectivity index (χ0) is 19.8. The predicted octanol–water partition coefficient (Wildman–Crippen LogP) is 3.57. The van der Waals surface area contributed by atoms with Gasteiger partial charge in [0.2, 0.25) is 0 Å². The van der Waals surface area contributed by atoms with Crippen LogP contribution in [-0.4, -0.2) is 30.5 Å². The number of aryl methyl sites for hydroxylation is 2. The van der Waals surface area contributed by atoms with Gasteiger partial charge in [-0.2, -0.15) is 10.2 Å².